The summed E-state index contributed by atoms with van der Waals surface area (Å²) in [7, 11) is 0. The molecule has 3 aromatic heterocycles. The van der Waals surface area contributed by atoms with E-state index in [0.29, 0.717) is 18.3 Å². The van der Waals surface area contributed by atoms with Gasteiger partial charge in [0, 0.05) is 12.6 Å². The number of aryl methyl sites for hydroxylation is 2. The van der Waals surface area contributed by atoms with Crippen LogP contribution in [-0.2, 0) is 6.54 Å². The molecule has 7 heteroatoms. The van der Waals surface area contributed by atoms with E-state index in [-0.39, 0.29) is 5.38 Å². The Kier molecular flexibility index (Phi) is 3.17. The molecule has 20 heavy (non-hydrogen) atoms. The molecule has 0 N–H and O–H groups in total. The van der Waals surface area contributed by atoms with E-state index >= 15 is 0 Å². The first-order valence-corrected chi connectivity index (χ1v) is 6.75. The highest BCUT2D eigenvalue weighted by Gasteiger charge is 2.18. The maximum absolute atomic E-state index is 6.22. The summed E-state index contributed by atoms with van der Waals surface area (Å²) in [6, 6.07) is 3.87. The highest BCUT2D eigenvalue weighted by atomic mass is 35.5. The van der Waals surface area contributed by atoms with Crippen molar-refractivity contribution < 1.29 is 4.52 Å². The first-order chi connectivity index (χ1) is 9.54. The normalized spacial score (nSPS) is 13.0. The first-order valence-electron chi connectivity index (χ1n) is 6.31. The quantitative estimate of drug-likeness (QED) is 0.694. The molecular weight excluding hydrogens is 278 g/mol. The van der Waals surface area contributed by atoms with Crippen molar-refractivity contribution in [2.75, 3.05) is 0 Å². The Bertz CT molecular complexity index is 761. The Labute approximate surface area is 120 Å². The molecule has 0 aliphatic carbocycles. The zero-order chi connectivity index (χ0) is 14.3. The number of nitrogens with zero attached hydrogens (tertiary/aromatic N) is 5. The third kappa shape index (κ3) is 2.27. The van der Waals surface area contributed by atoms with Gasteiger partial charge in [0.25, 0.3) is 0 Å². The van der Waals surface area contributed by atoms with Crippen molar-refractivity contribution in [2.45, 2.75) is 32.7 Å². The Morgan fingerprint density at radius 2 is 2.05 bits per heavy atom. The largest absolute Gasteiger partial charge is 0.340 e. The van der Waals surface area contributed by atoms with Crippen LogP contribution in [0.1, 0.15) is 35.5 Å². The lowest BCUT2D eigenvalue weighted by atomic mass is 10.3. The Balaban J connectivity index is 2.15. The summed E-state index contributed by atoms with van der Waals surface area (Å²) in [6.45, 7) is 6.03. The number of halogens is 1. The predicted molar refractivity (Wildman–Crippen MR) is 74.7 cm³/mol. The highest BCUT2D eigenvalue weighted by molar-refractivity contribution is 6.20. The first kappa shape index (κ1) is 13.1. The second-order valence-electron chi connectivity index (χ2n) is 4.70. The molecule has 0 saturated heterocycles. The molecule has 0 aromatic carbocycles. The average Bonchev–Trinajstić information content (AvgIpc) is 2.95. The van der Waals surface area contributed by atoms with E-state index in [2.05, 4.69) is 20.1 Å². The van der Waals surface area contributed by atoms with E-state index in [1.165, 1.54) is 0 Å². The van der Waals surface area contributed by atoms with E-state index in [1.807, 2.05) is 30.5 Å². The summed E-state index contributed by atoms with van der Waals surface area (Å²) in [4.78, 5) is 13.3. The summed E-state index contributed by atoms with van der Waals surface area (Å²) >= 11 is 6.22. The van der Waals surface area contributed by atoms with Crippen molar-refractivity contribution in [1.82, 2.24) is 24.7 Å². The molecule has 0 bridgehead atoms. The van der Waals surface area contributed by atoms with Crippen LogP contribution in [0.3, 0.4) is 0 Å². The van der Waals surface area contributed by atoms with Gasteiger partial charge in [0.05, 0.1) is 11.9 Å². The number of aromatic nitrogens is 5. The van der Waals surface area contributed by atoms with Crippen LogP contribution in [0, 0.1) is 13.8 Å². The molecule has 104 valence electrons. The van der Waals surface area contributed by atoms with Crippen LogP contribution in [0.4, 0.5) is 0 Å². The van der Waals surface area contributed by atoms with Gasteiger partial charge in [0.15, 0.2) is 11.5 Å². The Morgan fingerprint density at radius 1 is 1.25 bits per heavy atom. The molecule has 0 radical (unpaired) electrons. The molecular formula is C13H14ClN5O. The maximum Gasteiger partial charge on any atom is 0.223 e. The monoisotopic (exact) mass is 291 g/mol. The number of imidazole rings is 1. The molecule has 0 spiro atoms. The minimum atomic E-state index is -0.225. The number of pyridine rings is 1. The van der Waals surface area contributed by atoms with Crippen LogP contribution < -0.4 is 0 Å². The molecule has 3 aromatic rings. The number of hydrogen-bond acceptors (Lipinski definition) is 5. The Hall–Kier alpha value is -1.95. The third-order valence-electron chi connectivity index (χ3n) is 2.99. The van der Waals surface area contributed by atoms with Crippen LogP contribution in [-0.4, -0.2) is 24.7 Å². The molecule has 0 saturated carbocycles. The van der Waals surface area contributed by atoms with Gasteiger partial charge in [-0.2, -0.15) is 4.98 Å². The third-order valence-corrected chi connectivity index (χ3v) is 3.18. The van der Waals surface area contributed by atoms with Crippen LogP contribution in [0.15, 0.2) is 16.7 Å². The molecule has 1 atom stereocenters. The van der Waals surface area contributed by atoms with Crippen molar-refractivity contribution >= 4 is 22.8 Å². The number of fused-ring (bicyclic) bond motifs is 1. The molecule has 0 fully saturated rings. The summed E-state index contributed by atoms with van der Waals surface area (Å²) in [5.41, 5.74) is 2.53. The van der Waals surface area contributed by atoms with Gasteiger partial charge in [-0.3, -0.25) is 0 Å². The van der Waals surface area contributed by atoms with Crippen LogP contribution in [0.25, 0.3) is 11.2 Å². The van der Waals surface area contributed by atoms with Gasteiger partial charge in [-0.15, -0.1) is 11.6 Å². The van der Waals surface area contributed by atoms with Gasteiger partial charge in [-0.25, -0.2) is 9.97 Å². The number of rotatable bonds is 3. The lowest BCUT2D eigenvalue weighted by molar-refractivity contribution is 0.386. The van der Waals surface area contributed by atoms with Crippen molar-refractivity contribution in [3.8, 4) is 0 Å². The van der Waals surface area contributed by atoms with Crippen molar-refractivity contribution in [3.05, 3.63) is 35.4 Å². The van der Waals surface area contributed by atoms with Crippen LogP contribution >= 0.6 is 11.6 Å². The van der Waals surface area contributed by atoms with Gasteiger partial charge in [-0.05, 0) is 26.0 Å². The zero-order valence-electron chi connectivity index (χ0n) is 11.5. The van der Waals surface area contributed by atoms with Crippen molar-refractivity contribution in [3.63, 3.8) is 0 Å². The van der Waals surface area contributed by atoms with Crippen LogP contribution in [0.5, 0.6) is 0 Å². The standard InChI is InChI=1S/C13H14ClN5O/c1-7-4-5-10-13(15-7)19(12(17-10)8(2)14)6-11-16-9(3)20-18-11/h4-5,8H,6H2,1-3H3. The second kappa shape index (κ2) is 4.86. The number of hydrogen-bond donors (Lipinski definition) is 0. The van der Waals surface area contributed by atoms with Gasteiger partial charge in [0.1, 0.15) is 11.3 Å². The smallest absolute Gasteiger partial charge is 0.223 e. The van der Waals surface area contributed by atoms with Gasteiger partial charge in [-0.1, -0.05) is 5.16 Å². The summed E-state index contributed by atoms with van der Waals surface area (Å²) in [5, 5.41) is 3.69. The number of alkyl halides is 1. The van der Waals surface area contributed by atoms with Gasteiger partial charge >= 0.3 is 0 Å². The molecule has 0 amide bonds. The fourth-order valence-corrected chi connectivity index (χ4v) is 2.29. The molecule has 0 aliphatic heterocycles. The predicted octanol–water partition coefficient (Wildman–Crippen LogP) is 2.78. The SMILES string of the molecule is Cc1ccc2nc(C(C)Cl)n(Cc3noc(C)n3)c2n1. The molecule has 0 aliphatic rings. The summed E-state index contributed by atoms with van der Waals surface area (Å²) < 4.78 is 6.94. The molecule has 6 nitrogen and oxygen atoms in total. The van der Waals surface area contributed by atoms with Crippen molar-refractivity contribution in [1.29, 1.82) is 0 Å². The van der Waals surface area contributed by atoms with Crippen molar-refractivity contribution in [2.24, 2.45) is 0 Å². The van der Waals surface area contributed by atoms with E-state index < -0.39 is 0 Å². The lowest BCUT2D eigenvalue weighted by Crippen LogP contribution is -2.08. The van der Waals surface area contributed by atoms with E-state index in [0.717, 1.165) is 22.7 Å². The zero-order valence-corrected chi connectivity index (χ0v) is 12.2. The topological polar surface area (TPSA) is 69.6 Å². The minimum absolute atomic E-state index is 0.225. The van der Waals surface area contributed by atoms with Gasteiger partial charge in [0.2, 0.25) is 5.89 Å². The lowest BCUT2D eigenvalue weighted by Gasteiger charge is -2.07. The maximum atomic E-state index is 6.22. The summed E-state index contributed by atoms with van der Waals surface area (Å²) in [6.07, 6.45) is 0. The van der Waals surface area contributed by atoms with Gasteiger partial charge < -0.3 is 9.09 Å². The molecule has 3 heterocycles. The second-order valence-corrected chi connectivity index (χ2v) is 5.35. The molecule has 3 rings (SSSR count). The molecule has 1 unspecified atom stereocenters. The average molecular weight is 292 g/mol. The fourth-order valence-electron chi connectivity index (χ4n) is 2.12. The van der Waals surface area contributed by atoms with E-state index in [9.17, 15) is 0 Å². The summed E-state index contributed by atoms with van der Waals surface area (Å²) in [5.74, 6) is 1.87. The fraction of sp³-hybridized carbons (Fsp3) is 0.385. The van der Waals surface area contributed by atoms with E-state index in [4.69, 9.17) is 16.1 Å². The highest BCUT2D eigenvalue weighted by Crippen LogP contribution is 2.24. The minimum Gasteiger partial charge on any atom is -0.340 e. The van der Waals surface area contributed by atoms with E-state index in [1.54, 1.807) is 6.92 Å². The van der Waals surface area contributed by atoms with Crippen LogP contribution in [0.2, 0.25) is 0 Å². The Morgan fingerprint density at radius 3 is 2.70 bits per heavy atom.